The lowest BCUT2D eigenvalue weighted by Crippen LogP contribution is -2.52. The Morgan fingerprint density at radius 3 is 2.37 bits per heavy atom. The van der Waals surface area contributed by atoms with Gasteiger partial charge in [-0.05, 0) is 6.42 Å². The topological polar surface area (TPSA) is 78.9 Å². The largest absolute Gasteiger partial charge is 0.480 e. The molecular formula is C10H17F3N2O4. The molecule has 2 amide bonds. The van der Waals surface area contributed by atoms with Gasteiger partial charge in [0.2, 0.25) is 0 Å². The number of urea groups is 1. The summed E-state index contributed by atoms with van der Waals surface area (Å²) in [5.41, 5.74) is 0. The van der Waals surface area contributed by atoms with E-state index in [1.165, 1.54) is 7.11 Å². The Kier molecular flexibility index (Phi) is 7.20. The number of hydrogen-bond acceptors (Lipinski definition) is 3. The Labute approximate surface area is 108 Å². The zero-order valence-electron chi connectivity index (χ0n) is 10.7. The first-order valence-electron chi connectivity index (χ1n) is 5.55. The van der Waals surface area contributed by atoms with Crippen LogP contribution in [0.2, 0.25) is 0 Å². The maximum Gasteiger partial charge on any atom is 0.406 e. The molecule has 0 aliphatic rings. The van der Waals surface area contributed by atoms with Gasteiger partial charge >= 0.3 is 18.2 Å². The minimum Gasteiger partial charge on any atom is -0.480 e. The smallest absolute Gasteiger partial charge is 0.406 e. The monoisotopic (exact) mass is 286 g/mol. The third kappa shape index (κ3) is 7.50. The van der Waals surface area contributed by atoms with Gasteiger partial charge in [-0.25, -0.2) is 9.59 Å². The average molecular weight is 286 g/mol. The fourth-order valence-electron chi connectivity index (χ4n) is 1.32. The average Bonchev–Trinajstić information content (AvgIpc) is 2.25. The van der Waals surface area contributed by atoms with Crippen LogP contribution < -0.4 is 5.32 Å². The molecule has 6 nitrogen and oxygen atoms in total. The number of aliphatic carboxylic acids is 1. The van der Waals surface area contributed by atoms with E-state index in [4.69, 9.17) is 5.11 Å². The van der Waals surface area contributed by atoms with Gasteiger partial charge < -0.3 is 20.1 Å². The van der Waals surface area contributed by atoms with Crippen molar-refractivity contribution < 1.29 is 32.6 Å². The third-order valence-corrected chi connectivity index (χ3v) is 2.08. The van der Waals surface area contributed by atoms with Crippen LogP contribution in [-0.4, -0.2) is 61.0 Å². The van der Waals surface area contributed by atoms with Crippen molar-refractivity contribution in [2.75, 3.05) is 26.8 Å². The maximum atomic E-state index is 12.3. The molecule has 0 spiro atoms. The Bertz CT molecular complexity index is 310. The maximum absolute atomic E-state index is 12.3. The molecule has 0 aromatic rings. The van der Waals surface area contributed by atoms with Crippen LogP contribution in [0.25, 0.3) is 0 Å². The molecule has 112 valence electrons. The Morgan fingerprint density at radius 1 is 1.42 bits per heavy atom. The van der Waals surface area contributed by atoms with Crippen molar-refractivity contribution in [2.45, 2.75) is 25.6 Å². The van der Waals surface area contributed by atoms with Gasteiger partial charge in [0.05, 0.1) is 6.61 Å². The molecule has 0 aromatic carbocycles. The summed E-state index contributed by atoms with van der Waals surface area (Å²) in [6.45, 7) is -0.260. The molecule has 0 saturated carbocycles. The number of carbonyl (C=O) groups excluding carboxylic acids is 1. The quantitative estimate of drug-likeness (QED) is 0.733. The fraction of sp³-hybridized carbons (Fsp3) is 0.800. The molecule has 1 unspecified atom stereocenters. The van der Waals surface area contributed by atoms with Crippen molar-refractivity contribution in [1.29, 1.82) is 0 Å². The number of carboxylic acids is 1. The highest BCUT2D eigenvalue weighted by molar-refractivity contribution is 5.82. The highest BCUT2D eigenvalue weighted by atomic mass is 19.4. The summed E-state index contributed by atoms with van der Waals surface area (Å²) in [7, 11) is 1.22. The Morgan fingerprint density at radius 2 is 2.00 bits per heavy atom. The number of ether oxygens (including phenoxy) is 1. The summed E-state index contributed by atoms with van der Waals surface area (Å²) < 4.78 is 41.4. The second kappa shape index (κ2) is 7.82. The van der Waals surface area contributed by atoms with E-state index in [2.05, 4.69) is 4.74 Å². The summed E-state index contributed by atoms with van der Waals surface area (Å²) in [5.74, 6) is -1.38. The standard InChI is InChI=1S/C10H17F3N2O4/c1-3-4-15(6-10(11,12)13)9(18)14-7(5-19-2)8(16)17/h7H,3-6H2,1-2H3,(H,14,18)(H,16,17). The van der Waals surface area contributed by atoms with Crippen molar-refractivity contribution in [2.24, 2.45) is 0 Å². The molecule has 0 aromatic heterocycles. The molecule has 2 N–H and O–H groups in total. The third-order valence-electron chi connectivity index (χ3n) is 2.08. The SMILES string of the molecule is CCCN(CC(F)(F)F)C(=O)NC(COC)C(=O)O. The molecule has 9 heteroatoms. The number of carboxylic acid groups (broad SMARTS) is 1. The molecule has 19 heavy (non-hydrogen) atoms. The zero-order valence-corrected chi connectivity index (χ0v) is 10.7. The van der Waals surface area contributed by atoms with Gasteiger partial charge in [0.1, 0.15) is 6.54 Å². The van der Waals surface area contributed by atoms with Crippen molar-refractivity contribution in [3.63, 3.8) is 0 Å². The van der Waals surface area contributed by atoms with E-state index in [0.29, 0.717) is 11.3 Å². The lowest BCUT2D eigenvalue weighted by atomic mass is 10.3. The van der Waals surface area contributed by atoms with Gasteiger partial charge in [-0.1, -0.05) is 6.92 Å². The molecule has 0 radical (unpaired) electrons. The van der Waals surface area contributed by atoms with E-state index in [1.54, 1.807) is 6.92 Å². The first kappa shape index (κ1) is 17.5. The van der Waals surface area contributed by atoms with Gasteiger partial charge in [0.25, 0.3) is 0 Å². The van der Waals surface area contributed by atoms with Gasteiger partial charge in [-0.2, -0.15) is 13.2 Å². The number of carbonyl (C=O) groups is 2. The second-order valence-corrected chi connectivity index (χ2v) is 3.83. The zero-order chi connectivity index (χ0) is 15.1. The first-order valence-corrected chi connectivity index (χ1v) is 5.55. The van der Waals surface area contributed by atoms with Crippen LogP contribution in [-0.2, 0) is 9.53 Å². The summed E-state index contributed by atoms with van der Waals surface area (Å²) in [4.78, 5) is 22.9. The van der Waals surface area contributed by atoms with Gasteiger partial charge in [-0.15, -0.1) is 0 Å². The van der Waals surface area contributed by atoms with Crippen LogP contribution in [0.1, 0.15) is 13.3 Å². The van der Waals surface area contributed by atoms with Crippen LogP contribution in [0.3, 0.4) is 0 Å². The minimum atomic E-state index is -4.54. The predicted molar refractivity (Wildman–Crippen MR) is 59.8 cm³/mol. The normalized spacial score (nSPS) is 12.9. The number of methoxy groups -OCH3 is 1. The predicted octanol–water partition coefficient (Wildman–Crippen LogP) is 1.07. The first-order chi connectivity index (χ1) is 8.71. The molecule has 0 rings (SSSR count). The minimum absolute atomic E-state index is 0.120. The van der Waals surface area contributed by atoms with E-state index >= 15 is 0 Å². The molecule has 1 atom stereocenters. The molecule has 0 aliphatic heterocycles. The highest BCUT2D eigenvalue weighted by Gasteiger charge is 2.33. The van der Waals surface area contributed by atoms with E-state index in [9.17, 15) is 22.8 Å². The highest BCUT2D eigenvalue weighted by Crippen LogP contribution is 2.16. The number of alkyl halides is 3. The second-order valence-electron chi connectivity index (χ2n) is 3.83. The molecule has 0 fully saturated rings. The Hall–Kier alpha value is -1.51. The van der Waals surface area contributed by atoms with E-state index in [0.717, 1.165) is 0 Å². The van der Waals surface area contributed by atoms with Gasteiger partial charge in [0, 0.05) is 13.7 Å². The number of halogens is 3. The van der Waals surface area contributed by atoms with Gasteiger partial charge in [0.15, 0.2) is 6.04 Å². The lowest BCUT2D eigenvalue weighted by molar-refractivity contribution is -0.141. The van der Waals surface area contributed by atoms with Crippen LogP contribution >= 0.6 is 0 Å². The fourth-order valence-corrected chi connectivity index (χ4v) is 1.32. The summed E-state index contributed by atoms with van der Waals surface area (Å²) in [6, 6.07) is -2.46. The van der Waals surface area contributed by atoms with E-state index in [1.807, 2.05) is 5.32 Å². The molecule has 0 saturated heterocycles. The van der Waals surface area contributed by atoms with Gasteiger partial charge in [-0.3, -0.25) is 0 Å². The van der Waals surface area contributed by atoms with Crippen molar-refractivity contribution in [3.8, 4) is 0 Å². The summed E-state index contributed by atoms with van der Waals surface area (Å²) >= 11 is 0. The van der Waals surface area contributed by atoms with Crippen molar-refractivity contribution in [1.82, 2.24) is 10.2 Å². The number of amides is 2. The number of rotatable bonds is 7. The summed E-state index contributed by atoms with van der Waals surface area (Å²) in [5, 5.41) is 10.7. The molecular weight excluding hydrogens is 269 g/mol. The van der Waals surface area contributed by atoms with E-state index in [-0.39, 0.29) is 13.2 Å². The lowest BCUT2D eigenvalue weighted by Gasteiger charge is -2.25. The molecule has 0 aliphatic carbocycles. The molecule has 0 bridgehead atoms. The number of nitrogens with zero attached hydrogens (tertiary/aromatic N) is 1. The van der Waals surface area contributed by atoms with Crippen molar-refractivity contribution >= 4 is 12.0 Å². The van der Waals surface area contributed by atoms with Crippen LogP contribution in [0, 0.1) is 0 Å². The van der Waals surface area contributed by atoms with Crippen LogP contribution in [0.5, 0.6) is 0 Å². The Balaban J connectivity index is 4.65. The van der Waals surface area contributed by atoms with Crippen molar-refractivity contribution in [3.05, 3.63) is 0 Å². The van der Waals surface area contributed by atoms with Crippen LogP contribution in [0.4, 0.5) is 18.0 Å². The summed E-state index contributed by atoms with van der Waals surface area (Å²) in [6.07, 6.45) is -4.21. The molecule has 0 heterocycles. The van der Waals surface area contributed by atoms with E-state index < -0.39 is 30.8 Å². The number of nitrogens with one attached hydrogen (secondary N) is 1. The van der Waals surface area contributed by atoms with Crippen LogP contribution in [0.15, 0.2) is 0 Å². The number of hydrogen-bond donors (Lipinski definition) is 2.